The van der Waals surface area contributed by atoms with Gasteiger partial charge in [0.1, 0.15) is 12.7 Å². The van der Waals surface area contributed by atoms with Gasteiger partial charge in [0.2, 0.25) is 5.65 Å². The second kappa shape index (κ2) is 5.70. The molecular formula is C9H10N5O5P. The molecule has 4 N–H and O–H groups in total. The Labute approximate surface area is 112 Å². The Balaban J connectivity index is 0.000000247. The van der Waals surface area contributed by atoms with Crippen LogP contribution in [0.4, 0.5) is 5.82 Å². The molecule has 3 aromatic heterocycles. The topological polar surface area (TPSA) is 150 Å². The Kier molecular flexibility index (Phi) is 3.99. The van der Waals surface area contributed by atoms with Gasteiger partial charge < -0.3 is 14.8 Å². The summed E-state index contributed by atoms with van der Waals surface area (Å²) in [6.45, 7) is 0. The van der Waals surface area contributed by atoms with Crippen LogP contribution in [-0.4, -0.2) is 29.5 Å². The SMILES string of the molecule is Nc1ncnc2c1ncn2OP(=O)(O)O.c1ccoc1. The van der Waals surface area contributed by atoms with Crippen LogP contribution in [0.15, 0.2) is 41.7 Å². The summed E-state index contributed by atoms with van der Waals surface area (Å²) in [6, 6.07) is 3.67. The van der Waals surface area contributed by atoms with E-state index in [2.05, 4.69) is 24.0 Å². The molecule has 3 heterocycles. The van der Waals surface area contributed by atoms with E-state index in [-0.39, 0.29) is 17.0 Å². The average molecular weight is 299 g/mol. The van der Waals surface area contributed by atoms with Crippen molar-refractivity contribution in [2.24, 2.45) is 0 Å². The molecule has 3 rings (SSSR count). The lowest BCUT2D eigenvalue weighted by atomic mass is 10.5. The molecule has 20 heavy (non-hydrogen) atoms. The lowest BCUT2D eigenvalue weighted by molar-refractivity contribution is 0.183. The lowest BCUT2D eigenvalue weighted by Gasteiger charge is -2.05. The van der Waals surface area contributed by atoms with E-state index in [1.54, 1.807) is 12.5 Å². The monoisotopic (exact) mass is 299 g/mol. The summed E-state index contributed by atoms with van der Waals surface area (Å²) >= 11 is 0. The van der Waals surface area contributed by atoms with Crippen molar-refractivity contribution in [3.05, 3.63) is 37.3 Å². The van der Waals surface area contributed by atoms with Crippen LogP contribution in [0.3, 0.4) is 0 Å². The zero-order valence-electron chi connectivity index (χ0n) is 9.90. The van der Waals surface area contributed by atoms with Crippen molar-refractivity contribution in [2.45, 2.75) is 0 Å². The molecule has 0 unspecified atom stereocenters. The summed E-state index contributed by atoms with van der Waals surface area (Å²) in [7, 11) is -4.65. The molecule has 0 bridgehead atoms. The van der Waals surface area contributed by atoms with Crippen LogP contribution in [0.2, 0.25) is 0 Å². The third-order valence-corrected chi connectivity index (χ3v) is 2.34. The number of nitrogens with two attached hydrogens (primary N) is 1. The first-order valence-corrected chi connectivity index (χ1v) is 6.67. The van der Waals surface area contributed by atoms with E-state index in [0.29, 0.717) is 0 Å². The van der Waals surface area contributed by atoms with Crippen molar-refractivity contribution >= 4 is 24.8 Å². The summed E-state index contributed by atoms with van der Waals surface area (Å²) in [5.74, 6) is 0.105. The summed E-state index contributed by atoms with van der Waals surface area (Å²) in [5, 5.41) is 0. The highest BCUT2D eigenvalue weighted by molar-refractivity contribution is 7.46. The summed E-state index contributed by atoms with van der Waals surface area (Å²) in [6.07, 6.45) is 5.44. The van der Waals surface area contributed by atoms with Crippen LogP contribution in [0, 0.1) is 0 Å². The Bertz CT molecular complexity index is 704. The van der Waals surface area contributed by atoms with Gasteiger partial charge in [-0.25, -0.2) is 19.5 Å². The summed E-state index contributed by atoms with van der Waals surface area (Å²) < 4.78 is 20.2. The quantitative estimate of drug-likeness (QED) is 0.564. The van der Waals surface area contributed by atoms with E-state index in [1.165, 1.54) is 0 Å². The van der Waals surface area contributed by atoms with Gasteiger partial charge in [-0.3, -0.25) is 9.79 Å². The number of anilines is 1. The maximum atomic E-state index is 10.6. The molecule has 0 spiro atoms. The largest absolute Gasteiger partial charge is 0.543 e. The number of furan rings is 1. The minimum absolute atomic E-state index is 0.0887. The molecule has 0 fully saturated rings. The van der Waals surface area contributed by atoms with E-state index < -0.39 is 7.82 Å². The van der Waals surface area contributed by atoms with Gasteiger partial charge in [-0.2, -0.15) is 0 Å². The van der Waals surface area contributed by atoms with Crippen molar-refractivity contribution in [3.8, 4) is 0 Å². The molecular weight excluding hydrogens is 289 g/mol. The number of hydrogen-bond acceptors (Lipinski definition) is 7. The maximum Gasteiger partial charge on any atom is 0.543 e. The Morgan fingerprint density at radius 2 is 1.95 bits per heavy atom. The fraction of sp³-hybridized carbons (Fsp3) is 0. The molecule has 0 atom stereocenters. The lowest BCUT2D eigenvalue weighted by Crippen LogP contribution is -2.07. The number of rotatable bonds is 2. The first-order chi connectivity index (χ1) is 9.47. The van der Waals surface area contributed by atoms with E-state index in [9.17, 15) is 4.57 Å². The zero-order chi connectivity index (χ0) is 14.6. The molecule has 106 valence electrons. The van der Waals surface area contributed by atoms with Gasteiger partial charge in [0.05, 0.1) is 12.5 Å². The maximum absolute atomic E-state index is 10.6. The zero-order valence-corrected chi connectivity index (χ0v) is 10.8. The van der Waals surface area contributed by atoms with Crippen molar-refractivity contribution in [2.75, 3.05) is 5.73 Å². The number of hydrogen-bond donors (Lipinski definition) is 3. The Morgan fingerprint density at radius 3 is 2.50 bits per heavy atom. The molecule has 0 aliphatic rings. The highest BCUT2D eigenvalue weighted by Gasteiger charge is 2.19. The molecule has 0 aliphatic heterocycles. The van der Waals surface area contributed by atoms with Gasteiger partial charge >= 0.3 is 7.82 Å². The molecule has 10 nitrogen and oxygen atoms in total. The third kappa shape index (κ3) is 3.54. The van der Waals surface area contributed by atoms with Crippen LogP contribution < -0.4 is 10.4 Å². The molecule has 11 heteroatoms. The van der Waals surface area contributed by atoms with Gasteiger partial charge in [0.15, 0.2) is 11.3 Å². The first-order valence-electron chi connectivity index (χ1n) is 5.14. The van der Waals surface area contributed by atoms with Gasteiger partial charge in [-0.05, 0) is 12.1 Å². The first kappa shape index (κ1) is 14.0. The van der Waals surface area contributed by atoms with Crippen LogP contribution in [0.25, 0.3) is 11.2 Å². The van der Waals surface area contributed by atoms with E-state index in [4.69, 9.17) is 15.5 Å². The second-order valence-electron chi connectivity index (χ2n) is 3.37. The van der Waals surface area contributed by atoms with E-state index in [0.717, 1.165) is 17.4 Å². The van der Waals surface area contributed by atoms with E-state index >= 15 is 0 Å². The van der Waals surface area contributed by atoms with Crippen LogP contribution in [0.5, 0.6) is 0 Å². The van der Waals surface area contributed by atoms with Crippen molar-refractivity contribution < 1.29 is 23.4 Å². The molecule has 0 aliphatic carbocycles. The fourth-order valence-electron chi connectivity index (χ4n) is 1.23. The molecule has 0 saturated heterocycles. The third-order valence-electron chi connectivity index (χ3n) is 1.95. The molecule has 0 saturated carbocycles. The Hall–Kier alpha value is -2.42. The van der Waals surface area contributed by atoms with Gasteiger partial charge in [-0.1, -0.05) is 0 Å². The number of fused-ring (bicyclic) bond motifs is 1. The standard InChI is InChI=1S/C5H6N5O4P.C4H4O/c6-4-3-5(8-1-7-4)10(2-9-3)14-15(11,12)13;1-2-4-5-3-1/h1-2H,(H2,6,7,8)(H2,11,12,13);1-4H. The smallest absolute Gasteiger partial charge is 0.473 e. The normalized spacial score (nSPS) is 10.9. The van der Waals surface area contributed by atoms with Crippen molar-refractivity contribution in [1.82, 2.24) is 19.7 Å². The number of nitrogen functional groups attached to an aromatic ring is 1. The predicted octanol–water partition coefficient (Wildman–Crippen LogP) is 0.209. The molecule has 3 aromatic rings. The predicted molar refractivity (Wildman–Crippen MR) is 67.1 cm³/mol. The van der Waals surface area contributed by atoms with Crippen molar-refractivity contribution in [3.63, 3.8) is 0 Å². The van der Waals surface area contributed by atoms with E-state index in [1.807, 2.05) is 12.1 Å². The molecule has 0 aromatic carbocycles. The number of imidazole rings is 1. The number of phosphoric acid groups is 1. The Morgan fingerprint density at radius 1 is 1.25 bits per heavy atom. The second-order valence-corrected chi connectivity index (χ2v) is 4.51. The highest BCUT2D eigenvalue weighted by atomic mass is 31.2. The number of nitrogens with zero attached hydrogens (tertiary/aromatic N) is 4. The van der Waals surface area contributed by atoms with Crippen LogP contribution >= 0.6 is 7.82 Å². The van der Waals surface area contributed by atoms with Gasteiger partial charge in [-0.15, -0.1) is 4.73 Å². The fourth-order valence-corrected chi connectivity index (χ4v) is 1.58. The van der Waals surface area contributed by atoms with Crippen LogP contribution in [0.1, 0.15) is 0 Å². The van der Waals surface area contributed by atoms with Crippen LogP contribution in [-0.2, 0) is 4.57 Å². The van der Waals surface area contributed by atoms with Gasteiger partial charge in [0, 0.05) is 0 Å². The average Bonchev–Trinajstić information content (AvgIpc) is 3.01. The minimum atomic E-state index is -4.65. The van der Waals surface area contributed by atoms with Gasteiger partial charge in [0.25, 0.3) is 0 Å². The minimum Gasteiger partial charge on any atom is -0.473 e. The summed E-state index contributed by atoms with van der Waals surface area (Å²) in [4.78, 5) is 28.3. The highest BCUT2D eigenvalue weighted by Crippen LogP contribution is 2.32. The van der Waals surface area contributed by atoms with Crippen molar-refractivity contribution in [1.29, 1.82) is 0 Å². The molecule has 0 radical (unpaired) electrons. The number of aromatic nitrogens is 4. The molecule has 0 amide bonds. The summed E-state index contributed by atoms with van der Waals surface area (Å²) in [5.41, 5.74) is 5.76.